The quantitative estimate of drug-likeness (QED) is 0.216. The molecule has 42 heavy (non-hydrogen) atoms. The van der Waals surface area contributed by atoms with E-state index in [4.69, 9.17) is 26.2 Å². The Bertz CT molecular complexity index is 2740. The van der Waals surface area contributed by atoms with Crippen molar-refractivity contribution in [3.05, 3.63) is 127 Å². The molecule has 3 heterocycles. The van der Waals surface area contributed by atoms with Crippen molar-refractivity contribution in [1.29, 1.82) is 0 Å². The van der Waals surface area contributed by atoms with Gasteiger partial charge in [0.2, 0.25) is 0 Å². The molecule has 4 nitrogen and oxygen atoms in total. The normalized spacial score (nSPS) is 13.5. The zero-order chi connectivity index (χ0) is 32.0. The van der Waals surface area contributed by atoms with Crippen LogP contribution < -0.4 is 0 Å². The first-order chi connectivity index (χ1) is 22.9. The zero-order valence-electron chi connectivity index (χ0n) is 26.9. The van der Waals surface area contributed by atoms with E-state index in [0.717, 1.165) is 42.6 Å². The fourth-order valence-corrected chi connectivity index (χ4v) is 6.75. The van der Waals surface area contributed by atoms with Gasteiger partial charge in [0.1, 0.15) is 11.2 Å². The van der Waals surface area contributed by atoms with Crippen molar-refractivity contribution in [2.75, 3.05) is 0 Å². The minimum atomic E-state index is -0.477. The molecule has 0 saturated heterocycles. The summed E-state index contributed by atoms with van der Waals surface area (Å²) in [7, 11) is 0. The van der Waals surface area contributed by atoms with Gasteiger partial charge >= 0.3 is 0 Å². The van der Waals surface area contributed by atoms with E-state index in [1.165, 1.54) is 4.70 Å². The van der Waals surface area contributed by atoms with Crippen LogP contribution in [0, 0.1) is 0 Å². The first-order valence-corrected chi connectivity index (χ1v) is 14.3. The lowest BCUT2D eigenvalue weighted by Crippen LogP contribution is -2.00. The number of hydrogen-bond acceptors (Lipinski definition) is 5. The van der Waals surface area contributed by atoms with Crippen LogP contribution >= 0.6 is 11.3 Å². The predicted molar refractivity (Wildman–Crippen MR) is 174 cm³/mol. The van der Waals surface area contributed by atoms with E-state index in [9.17, 15) is 0 Å². The summed E-state index contributed by atoms with van der Waals surface area (Å²) >= 11 is 1.71. The van der Waals surface area contributed by atoms with Crippen LogP contribution in [-0.4, -0.2) is 15.0 Å². The van der Waals surface area contributed by atoms with E-state index in [2.05, 4.69) is 24.3 Å². The largest absolute Gasteiger partial charge is 0.456 e. The number of rotatable bonds is 3. The lowest BCUT2D eigenvalue weighted by atomic mass is 10.0. The van der Waals surface area contributed by atoms with Crippen molar-refractivity contribution in [3.63, 3.8) is 0 Å². The summed E-state index contributed by atoms with van der Waals surface area (Å²) in [5, 5.41) is 6.01. The lowest BCUT2D eigenvalue weighted by molar-refractivity contribution is 0.669. The van der Waals surface area contributed by atoms with Gasteiger partial charge in [-0.15, -0.1) is 11.3 Å². The van der Waals surface area contributed by atoms with Gasteiger partial charge in [-0.05, 0) is 53.2 Å². The molecular formula is C37H21N3OS. The van der Waals surface area contributed by atoms with E-state index in [1.807, 2.05) is 72.8 Å². The van der Waals surface area contributed by atoms with Gasteiger partial charge in [0, 0.05) is 47.6 Å². The number of thiophene rings is 1. The highest BCUT2D eigenvalue weighted by atomic mass is 32.1. The van der Waals surface area contributed by atoms with E-state index in [0.29, 0.717) is 28.4 Å². The Labute approximate surface area is 251 Å². The third-order valence-corrected chi connectivity index (χ3v) is 8.75. The topological polar surface area (TPSA) is 51.8 Å². The highest BCUT2D eigenvalue weighted by molar-refractivity contribution is 7.25. The number of nitrogens with zero attached hydrogens (tertiary/aromatic N) is 3. The van der Waals surface area contributed by atoms with Gasteiger partial charge in [-0.1, -0.05) is 84.8 Å². The average Bonchev–Trinajstić information content (AvgIpc) is 3.66. The summed E-state index contributed by atoms with van der Waals surface area (Å²) in [4.78, 5) is 14.5. The van der Waals surface area contributed by atoms with Crippen molar-refractivity contribution in [3.8, 4) is 34.2 Å². The molecule has 6 aromatic carbocycles. The smallest absolute Gasteiger partial charge is 0.164 e. The number of fused-ring (bicyclic) bond motifs is 7. The van der Waals surface area contributed by atoms with Crippen LogP contribution in [-0.2, 0) is 0 Å². The van der Waals surface area contributed by atoms with Crippen molar-refractivity contribution in [1.82, 2.24) is 15.0 Å². The minimum Gasteiger partial charge on any atom is -0.456 e. The molecule has 0 unspecified atom stereocenters. The van der Waals surface area contributed by atoms with Gasteiger partial charge in [-0.25, -0.2) is 15.0 Å². The molecule has 0 aliphatic carbocycles. The highest BCUT2D eigenvalue weighted by Gasteiger charge is 2.18. The molecule has 0 fully saturated rings. The van der Waals surface area contributed by atoms with E-state index in [-0.39, 0.29) is 23.5 Å². The molecule has 0 saturated carbocycles. The number of aromatic nitrogens is 3. The Morgan fingerprint density at radius 3 is 2.17 bits per heavy atom. The molecular weight excluding hydrogens is 534 g/mol. The lowest BCUT2D eigenvalue weighted by Gasteiger charge is -2.09. The maximum absolute atomic E-state index is 8.70. The summed E-state index contributed by atoms with van der Waals surface area (Å²) in [6, 6.07) is 30.0. The van der Waals surface area contributed by atoms with Gasteiger partial charge in [-0.2, -0.15) is 0 Å². The molecule has 0 spiro atoms. The highest BCUT2D eigenvalue weighted by Crippen LogP contribution is 2.39. The summed E-state index contributed by atoms with van der Waals surface area (Å²) < 4.78 is 50.8. The molecule has 3 aromatic heterocycles. The Hall–Kier alpha value is -5.39. The van der Waals surface area contributed by atoms with E-state index >= 15 is 0 Å². The number of benzene rings is 6. The van der Waals surface area contributed by atoms with E-state index in [1.54, 1.807) is 11.3 Å². The number of hydrogen-bond donors (Lipinski definition) is 0. The van der Waals surface area contributed by atoms with E-state index < -0.39 is 18.1 Å². The first-order valence-electron chi connectivity index (χ1n) is 15.9. The Balaban J connectivity index is 1.35. The maximum Gasteiger partial charge on any atom is 0.164 e. The first kappa shape index (κ1) is 18.9. The zero-order valence-corrected chi connectivity index (χ0v) is 22.7. The molecule has 0 radical (unpaired) electrons. The Kier molecular flexibility index (Phi) is 4.07. The molecule has 0 amide bonds. The fourth-order valence-electron chi connectivity index (χ4n) is 5.66. The third kappa shape index (κ3) is 3.64. The molecule has 0 N–H and O–H groups in total. The summed E-state index contributed by atoms with van der Waals surface area (Å²) in [5.41, 5.74) is 2.69. The Morgan fingerprint density at radius 2 is 1.29 bits per heavy atom. The second-order valence-electron chi connectivity index (χ2n) is 10.1. The van der Waals surface area contributed by atoms with Crippen LogP contribution in [0.25, 0.3) is 87.0 Å². The predicted octanol–water partition coefficient (Wildman–Crippen LogP) is 10.3. The molecule has 0 aliphatic heterocycles. The Morgan fingerprint density at radius 1 is 0.548 bits per heavy atom. The molecule has 0 atom stereocenters. The van der Waals surface area contributed by atoms with Crippen molar-refractivity contribution in [2.24, 2.45) is 0 Å². The molecule has 5 heteroatoms. The van der Waals surface area contributed by atoms with Crippen molar-refractivity contribution < 1.29 is 11.3 Å². The van der Waals surface area contributed by atoms with Gasteiger partial charge in [0.25, 0.3) is 0 Å². The summed E-state index contributed by atoms with van der Waals surface area (Å²) in [6.45, 7) is 0. The molecule has 196 valence electrons. The fraction of sp³-hybridized carbons (Fsp3) is 0. The maximum atomic E-state index is 8.70. The molecule has 9 rings (SSSR count). The van der Waals surface area contributed by atoms with Crippen LogP contribution in [0.2, 0.25) is 0 Å². The minimum absolute atomic E-state index is 0.00692. The molecule has 0 aliphatic rings. The summed E-state index contributed by atoms with van der Waals surface area (Å²) in [5.74, 6) is 0.616. The molecule has 9 aromatic rings. The average molecular weight is 561 g/mol. The van der Waals surface area contributed by atoms with Crippen LogP contribution in [0.5, 0.6) is 0 Å². The second kappa shape index (κ2) is 9.06. The number of furan rings is 1. The monoisotopic (exact) mass is 560 g/mol. The SMILES string of the molecule is [2H]c1c([2H])c([2H])c(-c2nc(-c3ccc4sc5ccccc5c4c3)nc(-c3cccc4oc5cc6ccccc6cc5c34)n2)c([2H])c1[2H]. The second-order valence-corrected chi connectivity index (χ2v) is 11.2. The van der Waals surface area contributed by atoms with Gasteiger partial charge in [0.15, 0.2) is 17.5 Å². The van der Waals surface area contributed by atoms with Gasteiger partial charge in [-0.3, -0.25) is 0 Å². The molecule has 0 bridgehead atoms. The van der Waals surface area contributed by atoms with Crippen LogP contribution in [0.3, 0.4) is 0 Å². The van der Waals surface area contributed by atoms with Crippen LogP contribution in [0.15, 0.2) is 132 Å². The van der Waals surface area contributed by atoms with Gasteiger partial charge in [0.05, 0.1) is 6.85 Å². The third-order valence-electron chi connectivity index (χ3n) is 7.60. The van der Waals surface area contributed by atoms with Gasteiger partial charge < -0.3 is 4.42 Å². The van der Waals surface area contributed by atoms with Crippen LogP contribution in [0.1, 0.15) is 6.85 Å². The van der Waals surface area contributed by atoms with Crippen LogP contribution in [0.4, 0.5) is 0 Å². The van der Waals surface area contributed by atoms with Crippen molar-refractivity contribution in [2.45, 2.75) is 0 Å². The van der Waals surface area contributed by atoms with Crippen molar-refractivity contribution >= 4 is 64.2 Å². The standard InChI is InChI=1S/C37H21N3OS/c1-2-9-22(10-3-1)35-38-36(25-17-18-33-28(20-25)26-13-6-7-16-32(26)42-33)40-37(39-35)27-14-8-15-30-34(27)29-19-23-11-4-5-12-24(23)21-31(29)41-30/h1-21H/i1D,2D,3D,9D,10D. The summed E-state index contributed by atoms with van der Waals surface area (Å²) in [6.07, 6.45) is 0.